The van der Waals surface area contributed by atoms with E-state index in [-0.39, 0.29) is 6.61 Å². The number of ether oxygens (including phenoxy) is 2. The maximum atomic E-state index is 9.19. The van der Waals surface area contributed by atoms with Crippen LogP contribution in [0.3, 0.4) is 0 Å². The lowest BCUT2D eigenvalue weighted by Crippen LogP contribution is -2.00. The molecule has 0 saturated heterocycles. The molecule has 0 unspecified atom stereocenters. The van der Waals surface area contributed by atoms with Crippen molar-refractivity contribution >= 4 is 0 Å². The van der Waals surface area contributed by atoms with Gasteiger partial charge in [-0.3, -0.25) is 0 Å². The van der Waals surface area contributed by atoms with E-state index in [9.17, 15) is 5.11 Å². The van der Waals surface area contributed by atoms with Gasteiger partial charge in [0.05, 0.1) is 13.2 Å². The van der Waals surface area contributed by atoms with Crippen molar-refractivity contribution in [2.75, 3.05) is 13.2 Å². The van der Waals surface area contributed by atoms with Gasteiger partial charge in [0.1, 0.15) is 18.1 Å². The maximum absolute atomic E-state index is 9.19. The Morgan fingerprint density at radius 3 is 2.76 bits per heavy atom. The van der Waals surface area contributed by atoms with E-state index < -0.39 is 0 Å². The van der Waals surface area contributed by atoms with Crippen molar-refractivity contribution in [3.8, 4) is 23.3 Å². The Morgan fingerprint density at radius 2 is 2.12 bits per heavy atom. The van der Waals surface area contributed by atoms with E-state index in [0.717, 1.165) is 17.7 Å². The second-order valence-electron chi connectivity index (χ2n) is 3.49. The molecule has 1 N–H and O–H groups in total. The molecule has 0 heterocycles. The maximum Gasteiger partial charge on any atom is 0.149 e. The van der Waals surface area contributed by atoms with E-state index in [2.05, 4.69) is 18.8 Å². The molecule has 1 aromatic carbocycles. The van der Waals surface area contributed by atoms with E-state index in [1.807, 2.05) is 6.07 Å². The van der Waals surface area contributed by atoms with Crippen LogP contribution >= 0.6 is 0 Å². The molecule has 0 fully saturated rings. The van der Waals surface area contributed by atoms with Crippen LogP contribution in [0.15, 0.2) is 18.2 Å². The molecule has 0 radical (unpaired) electrons. The van der Waals surface area contributed by atoms with Crippen molar-refractivity contribution in [3.63, 3.8) is 0 Å². The quantitative estimate of drug-likeness (QED) is 0.768. The summed E-state index contributed by atoms with van der Waals surface area (Å²) in [6.45, 7) is 4.75. The standard InChI is InChI=1S/C14H18O3/c1-3-5-9-17-14-10-13(16-8-4-2)7-6-12(14)11-15/h6-7,10,15H,4,8-9,11H2,1-2H3. The molecular weight excluding hydrogens is 216 g/mol. The van der Waals surface area contributed by atoms with Crippen LogP contribution in [0, 0.1) is 11.8 Å². The summed E-state index contributed by atoms with van der Waals surface area (Å²) in [7, 11) is 0. The molecule has 0 aliphatic heterocycles. The predicted molar refractivity (Wildman–Crippen MR) is 67.1 cm³/mol. The fourth-order valence-corrected chi connectivity index (χ4v) is 1.30. The molecule has 0 amide bonds. The molecule has 0 bridgehead atoms. The van der Waals surface area contributed by atoms with Gasteiger partial charge in [0.25, 0.3) is 0 Å². The van der Waals surface area contributed by atoms with Crippen LogP contribution in [-0.2, 0) is 6.61 Å². The number of hydrogen-bond acceptors (Lipinski definition) is 3. The molecular formula is C14H18O3. The van der Waals surface area contributed by atoms with Crippen LogP contribution in [0.2, 0.25) is 0 Å². The second kappa shape index (κ2) is 7.59. The van der Waals surface area contributed by atoms with Gasteiger partial charge in [0, 0.05) is 11.6 Å². The van der Waals surface area contributed by atoms with Crippen LogP contribution in [-0.4, -0.2) is 18.3 Å². The highest BCUT2D eigenvalue weighted by molar-refractivity contribution is 5.40. The van der Waals surface area contributed by atoms with E-state index in [4.69, 9.17) is 9.47 Å². The predicted octanol–water partition coefficient (Wildman–Crippen LogP) is 2.37. The van der Waals surface area contributed by atoms with Crippen molar-refractivity contribution in [3.05, 3.63) is 23.8 Å². The van der Waals surface area contributed by atoms with E-state index in [0.29, 0.717) is 19.0 Å². The third kappa shape index (κ3) is 4.38. The highest BCUT2D eigenvalue weighted by Gasteiger charge is 2.04. The van der Waals surface area contributed by atoms with Crippen molar-refractivity contribution in [2.24, 2.45) is 0 Å². The zero-order valence-corrected chi connectivity index (χ0v) is 10.3. The minimum absolute atomic E-state index is 0.0526. The second-order valence-corrected chi connectivity index (χ2v) is 3.49. The van der Waals surface area contributed by atoms with Gasteiger partial charge < -0.3 is 14.6 Å². The summed E-state index contributed by atoms with van der Waals surface area (Å²) in [6, 6.07) is 5.43. The minimum atomic E-state index is -0.0526. The summed E-state index contributed by atoms with van der Waals surface area (Å²) < 4.78 is 11.0. The number of hydrogen-bond donors (Lipinski definition) is 1. The fourth-order valence-electron chi connectivity index (χ4n) is 1.30. The normalized spacial score (nSPS) is 9.35. The first-order valence-corrected chi connectivity index (χ1v) is 5.70. The summed E-state index contributed by atoms with van der Waals surface area (Å²) in [6.07, 6.45) is 0.958. The molecule has 0 spiro atoms. The third-order valence-corrected chi connectivity index (χ3v) is 2.16. The Bertz CT molecular complexity index is 402. The van der Waals surface area contributed by atoms with Crippen molar-refractivity contribution in [1.82, 2.24) is 0 Å². The summed E-state index contributed by atoms with van der Waals surface area (Å²) >= 11 is 0. The van der Waals surface area contributed by atoms with Crippen molar-refractivity contribution < 1.29 is 14.6 Å². The van der Waals surface area contributed by atoms with Crippen LogP contribution in [0.4, 0.5) is 0 Å². The van der Waals surface area contributed by atoms with Gasteiger partial charge >= 0.3 is 0 Å². The topological polar surface area (TPSA) is 38.7 Å². The van der Waals surface area contributed by atoms with Crippen LogP contribution in [0.1, 0.15) is 25.8 Å². The Hall–Kier alpha value is -1.66. The van der Waals surface area contributed by atoms with E-state index in [1.165, 1.54) is 0 Å². The van der Waals surface area contributed by atoms with Crippen molar-refractivity contribution in [2.45, 2.75) is 26.9 Å². The molecule has 17 heavy (non-hydrogen) atoms. The number of aliphatic hydroxyl groups is 1. The molecule has 92 valence electrons. The summed E-state index contributed by atoms with van der Waals surface area (Å²) in [5.41, 5.74) is 0.742. The van der Waals surface area contributed by atoms with Gasteiger partial charge in [-0.25, -0.2) is 0 Å². The lowest BCUT2D eigenvalue weighted by atomic mass is 10.2. The average molecular weight is 234 g/mol. The third-order valence-electron chi connectivity index (χ3n) is 2.16. The fraction of sp³-hybridized carbons (Fsp3) is 0.429. The van der Waals surface area contributed by atoms with E-state index >= 15 is 0 Å². The molecule has 1 rings (SSSR count). The monoisotopic (exact) mass is 234 g/mol. The SMILES string of the molecule is CC#CCOc1cc(OCCC)ccc1CO. The molecule has 3 nitrogen and oxygen atoms in total. The highest BCUT2D eigenvalue weighted by Crippen LogP contribution is 2.25. The van der Waals surface area contributed by atoms with Gasteiger partial charge in [0.15, 0.2) is 0 Å². The van der Waals surface area contributed by atoms with Gasteiger partial charge in [-0.1, -0.05) is 12.8 Å². The Labute approximate surface area is 102 Å². The zero-order valence-electron chi connectivity index (χ0n) is 10.3. The van der Waals surface area contributed by atoms with Crippen molar-refractivity contribution in [1.29, 1.82) is 0 Å². The first kappa shape index (κ1) is 13.4. The van der Waals surface area contributed by atoms with Gasteiger partial charge in [-0.2, -0.15) is 0 Å². The zero-order chi connectivity index (χ0) is 12.5. The molecule has 3 heteroatoms. The first-order chi connectivity index (χ1) is 8.31. The summed E-state index contributed by atoms with van der Waals surface area (Å²) in [5, 5.41) is 9.19. The van der Waals surface area contributed by atoms with Gasteiger partial charge in [0.2, 0.25) is 0 Å². The largest absolute Gasteiger partial charge is 0.493 e. The summed E-state index contributed by atoms with van der Waals surface area (Å²) in [5.74, 6) is 6.95. The minimum Gasteiger partial charge on any atom is -0.493 e. The molecule has 0 saturated carbocycles. The summed E-state index contributed by atoms with van der Waals surface area (Å²) in [4.78, 5) is 0. The molecule has 1 aromatic rings. The Kier molecular flexibility index (Phi) is 5.98. The smallest absolute Gasteiger partial charge is 0.149 e. The molecule has 0 aliphatic rings. The number of aliphatic hydroxyl groups excluding tert-OH is 1. The molecule has 0 aromatic heterocycles. The van der Waals surface area contributed by atoms with Crippen LogP contribution < -0.4 is 9.47 Å². The van der Waals surface area contributed by atoms with Gasteiger partial charge in [-0.05, 0) is 25.5 Å². The highest BCUT2D eigenvalue weighted by atomic mass is 16.5. The average Bonchev–Trinajstić information content (AvgIpc) is 2.37. The lowest BCUT2D eigenvalue weighted by Gasteiger charge is -2.11. The van der Waals surface area contributed by atoms with Gasteiger partial charge in [-0.15, -0.1) is 5.92 Å². The van der Waals surface area contributed by atoms with E-state index in [1.54, 1.807) is 19.1 Å². The first-order valence-electron chi connectivity index (χ1n) is 5.70. The molecule has 0 aliphatic carbocycles. The van der Waals surface area contributed by atoms with Crippen LogP contribution in [0.5, 0.6) is 11.5 Å². The number of benzene rings is 1. The Balaban J connectivity index is 2.77. The Morgan fingerprint density at radius 1 is 1.29 bits per heavy atom. The van der Waals surface area contributed by atoms with Crippen LogP contribution in [0.25, 0.3) is 0 Å². The molecule has 0 atom stereocenters. The number of rotatable bonds is 6. The lowest BCUT2D eigenvalue weighted by molar-refractivity contribution is 0.268.